The fraction of sp³-hybridized carbons (Fsp3) is 0.769. The smallest absolute Gasteiger partial charge is 0.160 e. The molecule has 0 spiro atoms. The normalized spacial score (nSPS) is 41.3. The van der Waals surface area contributed by atoms with Crippen LogP contribution in [-0.2, 0) is 30.3 Å². The summed E-state index contributed by atoms with van der Waals surface area (Å²) in [6.45, 7) is 15.2. The van der Waals surface area contributed by atoms with Gasteiger partial charge in [-0.1, -0.05) is 71.9 Å². The highest BCUT2D eigenvalue weighted by Crippen LogP contribution is 2.38. The Bertz CT molecular complexity index is 650. The molecule has 3 rings (SSSR count). The van der Waals surface area contributed by atoms with Crippen LogP contribution in [0.1, 0.15) is 47.1 Å². The number of ether oxygens (including phenoxy) is 5. The molecule has 1 aromatic rings. The molecule has 0 aromatic heterocycles. The molecule has 0 amide bonds. The Balaban J connectivity index is 1.54. The molecule has 2 aliphatic rings. The summed E-state index contributed by atoms with van der Waals surface area (Å²) in [4.78, 5) is 0. The Kier molecular flexibility index (Phi) is 8.94. The van der Waals surface area contributed by atoms with Gasteiger partial charge in [0.15, 0.2) is 12.6 Å². The van der Waals surface area contributed by atoms with Crippen molar-refractivity contribution in [1.82, 2.24) is 0 Å². The van der Waals surface area contributed by atoms with Gasteiger partial charge in [0.2, 0.25) is 0 Å². The van der Waals surface area contributed by atoms with E-state index in [1.165, 1.54) is 5.56 Å². The summed E-state index contributed by atoms with van der Waals surface area (Å²) < 4.78 is 30.5. The van der Waals surface area contributed by atoms with Crippen molar-refractivity contribution in [3.05, 3.63) is 35.9 Å². The van der Waals surface area contributed by atoms with Crippen LogP contribution in [0.25, 0.3) is 0 Å². The number of benzene rings is 1. The van der Waals surface area contributed by atoms with Crippen molar-refractivity contribution in [2.45, 2.75) is 72.9 Å². The van der Waals surface area contributed by atoms with Crippen LogP contribution in [0.15, 0.2) is 30.3 Å². The average molecular weight is 435 g/mol. The monoisotopic (exact) mass is 434 g/mol. The first-order valence-corrected chi connectivity index (χ1v) is 11.9. The SMILES string of the molecule is CO[C@H]1OC(CO[C@H]2OC(COCc3ccccc3)[C@H](C)[C@H](C)C2C)[C@@H](C)[C@H](C)C1C. The number of methoxy groups -OCH3 is 1. The standard InChI is InChI=1S/C26H42O5/c1-16-19(4)24(30-25(27-7)20(16)5)15-29-26-21(6)17(2)18(3)23(31-26)14-28-13-22-11-9-8-10-12-22/h8-12,16-21,23-26H,13-15H2,1-7H3/t16-,17-,18+,19-,20?,21?,23?,24?,25-,26-/m0/s1. The second kappa shape index (κ2) is 11.2. The molecular weight excluding hydrogens is 392 g/mol. The van der Waals surface area contributed by atoms with E-state index in [1.54, 1.807) is 7.11 Å². The molecule has 31 heavy (non-hydrogen) atoms. The number of hydrogen-bond acceptors (Lipinski definition) is 5. The minimum atomic E-state index is -0.247. The summed E-state index contributed by atoms with van der Waals surface area (Å²) in [5.74, 6) is 2.49. The van der Waals surface area contributed by atoms with E-state index < -0.39 is 0 Å². The van der Waals surface area contributed by atoms with Crippen LogP contribution < -0.4 is 0 Å². The van der Waals surface area contributed by atoms with Crippen LogP contribution in [0.2, 0.25) is 0 Å². The molecule has 1 aromatic carbocycles. The van der Waals surface area contributed by atoms with E-state index in [9.17, 15) is 0 Å². The van der Waals surface area contributed by atoms with Gasteiger partial charge in [0.25, 0.3) is 0 Å². The van der Waals surface area contributed by atoms with Gasteiger partial charge in [0.1, 0.15) is 0 Å². The van der Waals surface area contributed by atoms with E-state index in [1.807, 2.05) is 18.2 Å². The molecule has 10 atom stereocenters. The molecule has 2 fully saturated rings. The molecular formula is C26H42O5. The number of rotatable bonds is 8. The first-order valence-electron chi connectivity index (χ1n) is 11.9. The predicted molar refractivity (Wildman–Crippen MR) is 121 cm³/mol. The summed E-state index contributed by atoms with van der Waals surface area (Å²) >= 11 is 0. The van der Waals surface area contributed by atoms with Gasteiger partial charge in [-0.2, -0.15) is 0 Å². The van der Waals surface area contributed by atoms with E-state index >= 15 is 0 Å². The second-order valence-corrected chi connectivity index (χ2v) is 9.81. The van der Waals surface area contributed by atoms with Crippen molar-refractivity contribution in [2.75, 3.05) is 20.3 Å². The summed E-state index contributed by atoms with van der Waals surface area (Å²) in [5, 5.41) is 0. The van der Waals surface area contributed by atoms with Gasteiger partial charge in [-0.05, 0) is 29.2 Å². The Hall–Kier alpha value is -0.980. The molecule has 5 nitrogen and oxygen atoms in total. The van der Waals surface area contributed by atoms with E-state index in [2.05, 4.69) is 53.7 Å². The molecule has 0 radical (unpaired) electrons. The largest absolute Gasteiger partial charge is 0.374 e. The maximum atomic E-state index is 6.41. The maximum Gasteiger partial charge on any atom is 0.160 e. The maximum absolute atomic E-state index is 6.41. The van der Waals surface area contributed by atoms with Crippen molar-refractivity contribution in [1.29, 1.82) is 0 Å². The van der Waals surface area contributed by atoms with Gasteiger partial charge in [-0.15, -0.1) is 0 Å². The van der Waals surface area contributed by atoms with Gasteiger partial charge in [-0.3, -0.25) is 0 Å². The molecule has 2 heterocycles. The molecule has 0 bridgehead atoms. The van der Waals surface area contributed by atoms with E-state index in [4.69, 9.17) is 23.7 Å². The lowest BCUT2D eigenvalue weighted by Gasteiger charge is -2.45. The zero-order chi connectivity index (χ0) is 22.5. The third-order valence-corrected chi connectivity index (χ3v) is 8.02. The first kappa shape index (κ1) is 24.7. The molecule has 4 unspecified atom stereocenters. The minimum Gasteiger partial charge on any atom is -0.374 e. The van der Waals surface area contributed by atoms with Crippen LogP contribution >= 0.6 is 0 Å². The quantitative estimate of drug-likeness (QED) is 0.567. The van der Waals surface area contributed by atoms with Crippen molar-refractivity contribution >= 4 is 0 Å². The van der Waals surface area contributed by atoms with Gasteiger partial charge >= 0.3 is 0 Å². The minimum absolute atomic E-state index is 0.00869. The van der Waals surface area contributed by atoms with Crippen LogP contribution in [0.4, 0.5) is 0 Å². The topological polar surface area (TPSA) is 46.2 Å². The molecule has 2 aliphatic heterocycles. The van der Waals surface area contributed by atoms with Crippen LogP contribution in [0.3, 0.4) is 0 Å². The predicted octanol–water partition coefficient (Wildman–Crippen LogP) is 5.13. The molecule has 2 saturated heterocycles. The highest BCUT2D eigenvalue weighted by Gasteiger charge is 2.42. The summed E-state index contributed by atoms with van der Waals surface area (Å²) in [5.41, 5.74) is 1.18. The fourth-order valence-corrected chi connectivity index (χ4v) is 4.87. The van der Waals surface area contributed by atoms with Crippen molar-refractivity contribution in [3.63, 3.8) is 0 Å². The molecule has 0 saturated carbocycles. The zero-order valence-electron chi connectivity index (χ0n) is 20.3. The lowest BCUT2D eigenvalue weighted by molar-refractivity contribution is -0.289. The highest BCUT2D eigenvalue weighted by atomic mass is 16.7. The second-order valence-electron chi connectivity index (χ2n) is 9.81. The van der Waals surface area contributed by atoms with Gasteiger partial charge in [0, 0.05) is 18.9 Å². The Morgan fingerprint density at radius 1 is 0.677 bits per heavy atom. The Labute approximate surface area is 188 Å². The summed E-state index contributed by atoms with van der Waals surface area (Å²) in [6, 6.07) is 10.3. The third-order valence-electron chi connectivity index (χ3n) is 8.02. The van der Waals surface area contributed by atoms with Crippen molar-refractivity contribution in [3.8, 4) is 0 Å². The lowest BCUT2D eigenvalue weighted by Crippen LogP contribution is -2.50. The third kappa shape index (κ3) is 5.88. The van der Waals surface area contributed by atoms with E-state index in [-0.39, 0.29) is 24.8 Å². The Morgan fingerprint density at radius 3 is 1.84 bits per heavy atom. The summed E-state index contributed by atoms with van der Waals surface area (Å²) in [6.07, 6.45) is -0.393. The van der Waals surface area contributed by atoms with Crippen molar-refractivity contribution in [2.24, 2.45) is 35.5 Å². The first-order chi connectivity index (χ1) is 14.8. The molecule has 5 heteroatoms. The average Bonchev–Trinajstić information content (AvgIpc) is 2.78. The van der Waals surface area contributed by atoms with Crippen LogP contribution in [-0.4, -0.2) is 45.1 Å². The molecule has 176 valence electrons. The number of hydrogen-bond donors (Lipinski definition) is 0. The zero-order valence-corrected chi connectivity index (χ0v) is 20.3. The molecule has 0 aliphatic carbocycles. The lowest BCUT2D eigenvalue weighted by atomic mass is 9.78. The fourth-order valence-electron chi connectivity index (χ4n) is 4.87. The van der Waals surface area contributed by atoms with Crippen molar-refractivity contribution < 1.29 is 23.7 Å². The van der Waals surface area contributed by atoms with E-state index in [0.29, 0.717) is 55.3 Å². The van der Waals surface area contributed by atoms with Gasteiger partial charge in [-0.25, -0.2) is 0 Å². The summed E-state index contributed by atoms with van der Waals surface area (Å²) in [7, 11) is 1.72. The van der Waals surface area contributed by atoms with E-state index in [0.717, 1.165) is 0 Å². The van der Waals surface area contributed by atoms with Crippen LogP contribution in [0, 0.1) is 35.5 Å². The van der Waals surface area contributed by atoms with Gasteiger partial charge < -0.3 is 23.7 Å². The van der Waals surface area contributed by atoms with Gasteiger partial charge in [0.05, 0.1) is 32.0 Å². The highest BCUT2D eigenvalue weighted by molar-refractivity contribution is 5.13. The van der Waals surface area contributed by atoms with Crippen LogP contribution in [0.5, 0.6) is 0 Å². The molecule has 0 N–H and O–H groups in total. The Morgan fingerprint density at radius 2 is 1.23 bits per heavy atom.